The number of nitro groups is 1. The molecule has 9 heteroatoms. The Bertz CT molecular complexity index is 508. The van der Waals surface area contributed by atoms with Crippen LogP contribution in [-0.2, 0) is 16.0 Å². The first kappa shape index (κ1) is 14.9. The summed E-state index contributed by atoms with van der Waals surface area (Å²) < 4.78 is 43.2. The molecule has 0 bridgehead atoms. The van der Waals surface area contributed by atoms with E-state index in [4.69, 9.17) is 0 Å². The van der Waals surface area contributed by atoms with E-state index in [1.54, 1.807) is 0 Å². The lowest BCUT2D eigenvalue weighted by atomic mass is 10.1. The van der Waals surface area contributed by atoms with Crippen molar-refractivity contribution >= 4 is 11.8 Å². The summed E-state index contributed by atoms with van der Waals surface area (Å²) in [5, 5.41) is 10.5. The number of alkyl halides is 2. The molecule has 6 nitrogen and oxygen atoms in total. The van der Waals surface area contributed by atoms with E-state index < -0.39 is 46.6 Å². The maximum Gasteiger partial charge on any atom is 0.364 e. The van der Waals surface area contributed by atoms with E-state index in [0.717, 1.165) is 0 Å². The molecule has 0 N–H and O–H groups in total. The summed E-state index contributed by atoms with van der Waals surface area (Å²) in [6.45, 7) is 1.51. The van der Waals surface area contributed by atoms with Crippen molar-refractivity contribution in [3.63, 3.8) is 0 Å². The van der Waals surface area contributed by atoms with Crippen molar-refractivity contribution in [2.45, 2.75) is 19.8 Å². The first-order valence-corrected chi connectivity index (χ1v) is 5.14. The van der Waals surface area contributed by atoms with E-state index in [0.29, 0.717) is 6.07 Å². The van der Waals surface area contributed by atoms with Crippen molar-refractivity contribution in [1.82, 2.24) is 4.98 Å². The Balaban J connectivity index is 3.21. The topological polar surface area (TPSA) is 82.3 Å². The number of ether oxygens (including phenoxy) is 1. The maximum absolute atomic E-state index is 13.6. The number of aromatic nitrogens is 1. The predicted molar refractivity (Wildman–Crippen MR) is 56.1 cm³/mol. The van der Waals surface area contributed by atoms with Gasteiger partial charge in [-0.05, 0) is 16.8 Å². The van der Waals surface area contributed by atoms with Gasteiger partial charge in [-0.1, -0.05) is 0 Å². The zero-order valence-electron chi connectivity index (χ0n) is 9.73. The second-order valence-corrected chi connectivity index (χ2v) is 3.37. The SMILES string of the molecule is CCOC(=O)Cc1nc([N+](=O)[O-])cc(C(F)F)c1F. The smallest absolute Gasteiger partial charge is 0.364 e. The lowest BCUT2D eigenvalue weighted by Crippen LogP contribution is -2.13. The van der Waals surface area contributed by atoms with Crippen LogP contribution in [0.25, 0.3) is 0 Å². The molecular weight excluding hydrogens is 269 g/mol. The first-order chi connectivity index (χ1) is 8.86. The molecule has 0 amide bonds. The molecule has 0 saturated heterocycles. The van der Waals surface area contributed by atoms with Gasteiger partial charge in [-0.2, -0.15) is 0 Å². The van der Waals surface area contributed by atoms with Gasteiger partial charge in [0.2, 0.25) is 0 Å². The van der Waals surface area contributed by atoms with Gasteiger partial charge in [0.25, 0.3) is 6.43 Å². The number of nitrogens with zero attached hydrogens (tertiary/aromatic N) is 2. The summed E-state index contributed by atoms with van der Waals surface area (Å²) in [7, 11) is 0. The fourth-order valence-corrected chi connectivity index (χ4v) is 1.31. The molecule has 0 spiro atoms. The van der Waals surface area contributed by atoms with Crippen molar-refractivity contribution in [3.8, 4) is 0 Å². The van der Waals surface area contributed by atoms with Crippen molar-refractivity contribution in [1.29, 1.82) is 0 Å². The number of carbonyl (C=O) groups excluding carboxylic acids is 1. The minimum absolute atomic E-state index is 0.0110. The number of rotatable bonds is 5. The molecule has 19 heavy (non-hydrogen) atoms. The molecule has 104 valence electrons. The number of pyridine rings is 1. The molecule has 0 unspecified atom stereocenters. The van der Waals surface area contributed by atoms with E-state index in [9.17, 15) is 28.1 Å². The highest BCUT2D eigenvalue weighted by Crippen LogP contribution is 2.27. The van der Waals surface area contributed by atoms with Crippen LogP contribution < -0.4 is 0 Å². The van der Waals surface area contributed by atoms with Crippen LogP contribution in [0.3, 0.4) is 0 Å². The third-order valence-corrected chi connectivity index (χ3v) is 2.08. The summed E-state index contributed by atoms with van der Waals surface area (Å²) in [4.78, 5) is 23.8. The number of halogens is 3. The zero-order chi connectivity index (χ0) is 14.6. The molecule has 0 aliphatic carbocycles. The molecule has 0 aliphatic rings. The van der Waals surface area contributed by atoms with Crippen LogP contribution in [0.5, 0.6) is 0 Å². The quantitative estimate of drug-likeness (QED) is 0.468. The van der Waals surface area contributed by atoms with Crippen LogP contribution in [0.15, 0.2) is 6.07 Å². The van der Waals surface area contributed by atoms with Crippen LogP contribution in [0.4, 0.5) is 19.0 Å². The van der Waals surface area contributed by atoms with Crippen molar-refractivity contribution in [3.05, 3.63) is 33.3 Å². The van der Waals surface area contributed by atoms with Gasteiger partial charge in [-0.25, -0.2) is 13.2 Å². The summed E-state index contributed by atoms with van der Waals surface area (Å²) in [6.07, 6.45) is -4.00. The molecule has 1 heterocycles. The van der Waals surface area contributed by atoms with Crippen LogP contribution in [0.1, 0.15) is 24.6 Å². The van der Waals surface area contributed by atoms with Gasteiger partial charge < -0.3 is 14.9 Å². The van der Waals surface area contributed by atoms with Gasteiger partial charge in [0.05, 0.1) is 12.2 Å². The standard InChI is InChI=1S/C10H9F3N2O4/c1-2-19-8(16)4-6-9(11)5(10(12)13)3-7(14-6)15(17)18/h3,10H,2,4H2,1H3. The average Bonchev–Trinajstić information content (AvgIpc) is 2.31. The van der Waals surface area contributed by atoms with Crippen LogP contribution in [-0.4, -0.2) is 22.5 Å². The molecule has 1 aromatic rings. The Morgan fingerprint density at radius 3 is 2.68 bits per heavy atom. The van der Waals surface area contributed by atoms with E-state index in [-0.39, 0.29) is 6.61 Å². The second-order valence-electron chi connectivity index (χ2n) is 3.37. The number of hydrogen-bond acceptors (Lipinski definition) is 5. The minimum Gasteiger partial charge on any atom is -0.466 e. The normalized spacial score (nSPS) is 10.6. The fraction of sp³-hybridized carbons (Fsp3) is 0.400. The van der Waals surface area contributed by atoms with Gasteiger partial charge in [-0.3, -0.25) is 4.79 Å². The highest BCUT2D eigenvalue weighted by Gasteiger charge is 2.27. The number of esters is 1. The average molecular weight is 278 g/mol. The molecule has 0 saturated carbocycles. The summed E-state index contributed by atoms with van der Waals surface area (Å²) >= 11 is 0. The Morgan fingerprint density at radius 2 is 2.21 bits per heavy atom. The van der Waals surface area contributed by atoms with Crippen LogP contribution in [0.2, 0.25) is 0 Å². The number of carbonyl (C=O) groups is 1. The third-order valence-electron chi connectivity index (χ3n) is 2.08. The van der Waals surface area contributed by atoms with Gasteiger partial charge in [-0.15, -0.1) is 0 Å². The highest BCUT2D eigenvalue weighted by atomic mass is 19.3. The molecule has 0 aliphatic heterocycles. The summed E-state index contributed by atoms with van der Waals surface area (Å²) in [6, 6.07) is 0.342. The monoisotopic (exact) mass is 278 g/mol. The van der Waals surface area contributed by atoms with Gasteiger partial charge in [0.15, 0.2) is 11.5 Å². The molecule has 0 radical (unpaired) electrons. The van der Waals surface area contributed by atoms with E-state index in [1.807, 2.05) is 0 Å². The van der Waals surface area contributed by atoms with Crippen molar-refractivity contribution in [2.24, 2.45) is 0 Å². The fourth-order valence-electron chi connectivity index (χ4n) is 1.31. The third kappa shape index (κ3) is 3.63. The Morgan fingerprint density at radius 1 is 1.58 bits per heavy atom. The Labute approximate surface area is 105 Å². The van der Waals surface area contributed by atoms with Gasteiger partial charge in [0.1, 0.15) is 6.42 Å². The molecule has 0 aromatic carbocycles. The van der Waals surface area contributed by atoms with Crippen molar-refractivity contribution < 1.29 is 27.6 Å². The van der Waals surface area contributed by atoms with E-state index in [1.165, 1.54) is 6.92 Å². The van der Waals surface area contributed by atoms with Crippen LogP contribution >= 0.6 is 0 Å². The Hall–Kier alpha value is -2.19. The van der Waals surface area contributed by atoms with Gasteiger partial charge in [0, 0.05) is 6.07 Å². The highest BCUT2D eigenvalue weighted by molar-refractivity contribution is 5.72. The lowest BCUT2D eigenvalue weighted by molar-refractivity contribution is -0.389. The van der Waals surface area contributed by atoms with Crippen LogP contribution in [0, 0.1) is 15.9 Å². The summed E-state index contributed by atoms with van der Waals surface area (Å²) in [5.74, 6) is -3.29. The molecule has 1 rings (SSSR count). The predicted octanol–water partition coefficient (Wildman–Crippen LogP) is 2.17. The number of hydrogen-bond donors (Lipinski definition) is 0. The van der Waals surface area contributed by atoms with E-state index >= 15 is 0 Å². The van der Waals surface area contributed by atoms with Gasteiger partial charge >= 0.3 is 11.8 Å². The summed E-state index contributed by atoms with van der Waals surface area (Å²) in [5.41, 5.74) is -1.90. The van der Waals surface area contributed by atoms with E-state index in [2.05, 4.69) is 9.72 Å². The molecular formula is C10H9F3N2O4. The molecule has 0 atom stereocenters. The minimum atomic E-state index is -3.25. The molecule has 1 aromatic heterocycles. The molecule has 0 fully saturated rings. The maximum atomic E-state index is 13.6. The second kappa shape index (κ2) is 6.12. The Kier molecular flexibility index (Phi) is 4.79. The zero-order valence-corrected chi connectivity index (χ0v) is 9.73. The largest absolute Gasteiger partial charge is 0.466 e. The first-order valence-electron chi connectivity index (χ1n) is 5.14. The lowest BCUT2D eigenvalue weighted by Gasteiger charge is -2.05. The van der Waals surface area contributed by atoms with Crippen molar-refractivity contribution in [2.75, 3.05) is 6.61 Å².